The summed E-state index contributed by atoms with van der Waals surface area (Å²) in [6.45, 7) is 0.604. The zero-order valence-corrected chi connectivity index (χ0v) is 16.1. The number of hydrogen-bond acceptors (Lipinski definition) is 7. The quantitative estimate of drug-likeness (QED) is 0.745. The summed E-state index contributed by atoms with van der Waals surface area (Å²) in [6.07, 6.45) is 1.20. The van der Waals surface area contributed by atoms with E-state index in [2.05, 4.69) is 10.1 Å². The first-order valence-corrected chi connectivity index (χ1v) is 9.03. The molecule has 1 heterocycles. The minimum Gasteiger partial charge on any atom is -0.465 e. The van der Waals surface area contributed by atoms with Crippen molar-refractivity contribution in [2.45, 2.75) is 18.9 Å². The Labute approximate surface area is 167 Å². The number of methoxy groups -OCH3 is 2. The molecule has 8 heteroatoms. The fourth-order valence-corrected chi connectivity index (χ4v) is 2.90. The fourth-order valence-electron chi connectivity index (χ4n) is 2.90. The van der Waals surface area contributed by atoms with Gasteiger partial charge in [0, 0.05) is 12.3 Å². The summed E-state index contributed by atoms with van der Waals surface area (Å²) >= 11 is 0. The van der Waals surface area contributed by atoms with E-state index in [0.29, 0.717) is 23.8 Å². The van der Waals surface area contributed by atoms with Gasteiger partial charge in [0.15, 0.2) is 0 Å². The first kappa shape index (κ1) is 20.3. The molecule has 1 atom stereocenters. The number of esters is 2. The molecular formula is C21H21NO7. The molecule has 0 saturated carbocycles. The van der Waals surface area contributed by atoms with Crippen LogP contribution in [0.4, 0.5) is 5.69 Å². The van der Waals surface area contributed by atoms with Gasteiger partial charge in [-0.2, -0.15) is 0 Å². The highest BCUT2D eigenvalue weighted by Gasteiger charge is 2.23. The van der Waals surface area contributed by atoms with E-state index in [-0.39, 0.29) is 17.0 Å². The van der Waals surface area contributed by atoms with Crippen molar-refractivity contribution in [3.05, 3.63) is 53.6 Å². The lowest BCUT2D eigenvalue weighted by atomic mass is 10.1. The smallest absolute Gasteiger partial charge is 0.338 e. The maximum absolute atomic E-state index is 12.1. The standard InChI is InChI=1S/C21H21NO7/c1-26-20(24)16-10-9-15(12-17(16)21(25)27-2)29-14-7-5-13(6-8-14)22-19(23)18-4-3-11-28-18/h5-10,12,18H,3-4,11H2,1-2H3,(H,22,23)/t18-/m0/s1. The van der Waals surface area contributed by atoms with Crippen LogP contribution in [-0.4, -0.2) is 44.8 Å². The molecule has 1 fully saturated rings. The lowest BCUT2D eigenvalue weighted by molar-refractivity contribution is -0.124. The summed E-state index contributed by atoms with van der Waals surface area (Å²) in [5.74, 6) is -0.667. The summed E-state index contributed by atoms with van der Waals surface area (Å²) in [4.78, 5) is 35.9. The van der Waals surface area contributed by atoms with Crippen LogP contribution in [0.2, 0.25) is 0 Å². The van der Waals surface area contributed by atoms with E-state index < -0.39 is 18.0 Å². The molecule has 1 aliphatic heterocycles. The van der Waals surface area contributed by atoms with E-state index in [4.69, 9.17) is 14.2 Å². The van der Waals surface area contributed by atoms with Gasteiger partial charge in [0.2, 0.25) is 0 Å². The number of amides is 1. The molecule has 0 radical (unpaired) electrons. The number of hydrogen-bond donors (Lipinski definition) is 1. The van der Waals surface area contributed by atoms with Crippen LogP contribution in [0, 0.1) is 0 Å². The topological polar surface area (TPSA) is 100 Å². The second-order valence-electron chi connectivity index (χ2n) is 6.31. The number of benzene rings is 2. The van der Waals surface area contributed by atoms with Crippen molar-refractivity contribution in [1.82, 2.24) is 0 Å². The third-order valence-electron chi connectivity index (χ3n) is 4.38. The molecule has 0 aromatic heterocycles. The normalized spacial score (nSPS) is 15.4. The Kier molecular flexibility index (Phi) is 6.46. The fraction of sp³-hybridized carbons (Fsp3) is 0.286. The number of nitrogens with one attached hydrogen (secondary N) is 1. The molecule has 0 bridgehead atoms. The number of rotatable bonds is 6. The van der Waals surface area contributed by atoms with Crippen LogP contribution < -0.4 is 10.1 Å². The first-order valence-electron chi connectivity index (χ1n) is 9.03. The Morgan fingerprint density at radius 1 is 0.931 bits per heavy atom. The molecule has 1 saturated heterocycles. The van der Waals surface area contributed by atoms with Gasteiger partial charge in [-0.1, -0.05) is 0 Å². The summed E-state index contributed by atoms with van der Waals surface area (Å²) in [7, 11) is 2.45. The highest BCUT2D eigenvalue weighted by atomic mass is 16.5. The van der Waals surface area contributed by atoms with Crippen molar-refractivity contribution >= 4 is 23.5 Å². The molecule has 3 rings (SSSR count). The second-order valence-corrected chi connectivity index (χ2v) is 6.31. The molecule has 29 heavy (non-hydrogen) atoms. The Bertz CT molecular complexity index is 902. The first-order chi connectivity index (χ1) is 14.0. The van der Waals surface area contributed by atoms with E-state index in [1.807, 2.05) is 0 Å². The van der Waals surface area contributed by atoms with Gasteiger partial charge in [0.1, 0.15) is 17.6 Å². The van der Waals surface area contributed by atoms with Crippen molar-refractivity contribution in [1.29, 1.82) is 0 Å². The SMILES string of the molecule is COC(=O)c1ccc(Oc2ccc(NC(=O)[C@@H]3CCCO3)cc2)cc1C(=O)OC. The zero-order valence-electron chi connectivity index (χ0n) is 16.1. The summed E-state index contributed by atoms with van der Waals surface area (Å²) < 4.78 is 20.5. The van der Waals surface area contributed by atoms with Gasteiger partial charge >= 0.3 is 11.9 Å². The van der Waals surface area contributed by atoms with E-state index in [9.17, 15) is 14.4 Å². The molecule has 1 aliphatic rings. The van der Waals surface area contributed by atoms with Crippen LogP contribution in [0.25, 0.3) is 0 Å². The molecule has 152 valence electrons. The molecule has 0 aliphatic carbocycles. The summed E-state index contributed by atoms with van der Waals surface area (Å²) in [5, 5.41) is 2.80. The predicted molar refractivity (Wildman–Crippen MR) is 103 cm³/mol. The van der Waals surface area contributed by atoms with Gasteiger partial charge in [-0.25, -0.2) is 9.59 Å². The van der Waals surface area contributed by atoms with Gasteiger partial charge in [0.25, 0.3) is 5.91 Å². The average molecular weight is 399 g/mol. The van der Waals surface area contributed by atoms with Crippen molar-refractivity contribution in [2.24, 2.45) is 0 Å². The monoisotopic (exact) mass is 399 g/mol. The van der Waals surface area contributed by atoms with Crippen LogP contribution in [-0.2, 0) is 19.0 Å². The number of carbonyl (C=O) groups is 3. The Balaban J connectivity index is 1.71. The van der Waals surface area contributed by atoms with Crippen molar-refractivity contribution < 1.29 is 33.3 Å². The molecule has 1 amide bonds. The van der Waals surface area contributed by atoms with Crippen molar-refractivity contribution in [3.8, 4) is 11.5 Å². The van der Waals surface area contributed by atoms with Crippen LogP contribution in [0.1, 0.15) is 33.6 Å². The largest absolute Gasteiger partial charge is 0.465 e. The Morgan fingerprint density at radius 3 is 2.21 bits per heavy atom. The van der Waals surface area contributed by atoms with Gasteiger partial charge in [0.05, 0.1) is 25.3 Å². The van der Waals surface area contributed by atoms with Crippen molar-refractivity contribution in [3.63, 3.8) is 0 Å². The molecular weight excluding hydrogens is 378 g/mol. The third kappa shape index (κ3) is 4.91. The molecule has 0 spiro atoms. The van der Waals surface area contributed by atoms with Crippen LogP contribution in [0.15, 0.2) is 42.5 Å². The second kappa shape index (κ2) is 9.20. The minimum atomic E-state index is -0.678. The maximum atomic E-state index is 12.1. The summed E-state index contributed by atoms with van der Waals surface area (Å²) in [6, 6.07) is 11.1. The molecule has 1 N–H and O–H groups in total. The van der Waals surface area contributed by atoms with Gasteiger partial charge in [-0.05, 0) is 55.3 Å². The predicted octanol–water partition coefficient (Wildman–Crippen LogP) is 3.17. The van der Waals surface area contributed by atoms with E-state index in [1.54, 1.807) is 30.3 Å². The molecule has 0 unspecified atom stereocenters. The van der Waals surface area contributed by atoms with E-state index in [0.717, 1.165) is 12.8 Å². The lowest BCUT2D eigenvalue weighted by Crippen LogP contribution is -2.26. The van der Waals surface area contributed by atoms with E-state index >= 15 is 0 Å². The van der Waals surface area contributed by atoms with Gasteiger partial charge < -0.3 is 24.3 Å². The maximum Gasteiger partial charge on any atom is 0.338 e. The third-order valence-corrected chi connectivity index (χ3v) is 4.38. The van der Waals surface area contributed by atoms with Gasteiger partial charge in [-0.15, -0.1) is 0 Å². The van der Waals surface area contributed by atoms with Crippen LogP contribution >= 0.6 is 0 Å². The van der Waals surface area contributed by atoms with Crippen molar-refractivity contribution in [2.75, 3.05) is 26.1 Å². The van der Waals surface area contributed by atoms with E-state index in [1.165, 1.54) is 26.4 Å². The Hall–Kier alpha value is -3.39. The van der Waals surface area contributed by atoms with Crippen LogP contribution in [0.5, 0.6) is 11.5 Å². The van der Waals surface area contributed by atoms with Gasteiger partial charge in [-0.3, -0.25) is 4.79 Å². The Morgan fingerprint density at radius 2 is 1.59 bits per heavy atom. The molecule has 2 aromatic rings. The molecule has 8 nitrogen and oxygen atoms in total. The average Bonchev–Trinajstić information content (AvgIpc) is 3.29. The van der Waals surface area contributed by atoms with Crippen LogP contribution in [0.3, 0.4) is 0 Å². The lowest BCUT2D eigenvalue weighted by Gasteiger charge is -2.12. The summed E-state index contributed by atoms with van der Waals surface area (Å²) in [5.41, 5.74) is 0.741. The number of ether oxygens (including phenoxy) is 4. The molecule has 2 aromatic carbocycles. The zero-order chi connectivity index (χ0) is 20.8. The number of anilines is 1. The minimum absolute atomic E-state index is 0.0392. The highest BCUT2D eigenvalue weighted by molar-refractivity contribution is 6.03. The highest BCUT2D eigenvalue weighted by Crippen LogP contribution is 2.26. The number of carbonyl (C=O) groups excluding carboxylic acids is 3.